The van der Waals surface area contributed by atoms with Gasteiger partial charge >= 0.3 is 0 Å². The standard InChI is InChI=1S/C14H16FN3OS/c1-2-7-16-14(20)17-12-9-10(5-6-11(12)15)18-8-3-4-13(18)19/h2,5-6,9H,1,3-4,7-8H2,(H2,16,17,20). The van der Waals surface area contributed by atoms with Crippen molar-refractivity contribution < 1.29 is 9.18 Å². The van der Waals surface area contributed by atoms with Crippen molar-refractivity contribution in [2.24, 2.45) is 0 Å². The third-order valence-corrected chi connectivity index (χ3v) is 3.24. The molecule has 1 saturated heterocycles. The summed E-state index contributed by atoms with van der Waals surface area (Å²) in [6, 6.07) is 4.53. The van der Waals surface area contributed by atoms with Crippen LogP contribution in [-0.4, -0.2) is 24.1 Å². The van der Waals surface area contributed by atoms with Crippen molar-refractivity contribution in [3.63, 3.8) is 0 Å². The molecule has 2 rings (SSSR count). The molecule has 0 unspecified atom stereocenters. The molecule has 1 fully saturated rings. The Morgan fingerprint density at radius 3 is 3.00 bits per heavy atom. The number of rotatable bonds is 4. The highest BCUT2D eigenvalue weighted by molar-refractivity contribution is 7.80. The van der Waals surface area contributed by atoms with Crippen LogP contribution in [0, 0.1) is 5.82 Å². The summed E-state index contributed by atoms with van der Waals surface area (Å²) in [6.45, 7) is 4.73. The molecule has 1 amide bonds. The van der Waals surface area contributed by atoms with Gasteiger partial charge in [0.15, 0.2) is 5.11 Å². The Kier molecular flexibility index (Phi) is 4.68. The summed E-state index contributed by atoms with van der Waals surface area (Å²) in [5, 5.41) is 5.96. The second-order valence-electron chi connectivity index (χ2n) is 4.44. The van der Waals surface area contributed by atoms with E-state index in [-0.39, 0.29) is 11.6 Å². The molecule has 1 aliphatic rings. The SMILES string of the molecule is C=CCNC(=S)Nc1cc(N2CCCC2=O)ccc1F. The minimum absolute atomic E-state index is 0.0647. The van der Waals surface area contributed by atoms with Crippen LogP contribution in [-0.2, 0) is 4.79 Å². The highest BCUT2D eigenvalue weighted by Crippen LogP contribution is 2.26. The van der Waals surface area contributed by atoms with Gasteiger partial charge in [0.1, 0.15) is 5.82 Å². The fourth-order valence-electron chi connectivity index (χ4n) is 2.03. The maximum atomic E-state index is 13.8. The number of halogens is 1. The molecule has 0 aliphatic carbocycles. The number of benzene rings is 1. The van der Waals surface area contributed by atoms with E-state index in [9.17, 15) is 9.18 Å². The van der Waals surface area contributed by atoms with Gasteiger partial charge in [0.25, 0.3) is 0 Å². The minimum atomic E-state index is -0.414. The third-order valence-electron chi connectivity index (χ3n) is 2.99. The van der Waals surface area contributed by atoms with Crippen LogP contribution in [0.4, 0.5) is 15.8 Å². The molecule has 0 radical (unpaired) electrons. The van der Waals surface area contributed by atoms with Gasteiger partial charge in [-0.15, -0.1) is 6.58 Å². The lowest BCUT2D eigenvalue weighted by atomic mass is 10.2. The lowest BCUT2D eigenvalue weighted by Crippen LogP contribution is -2.29. The van der Waals surface area contributed by atoms with Crippen molar-refractivity contribution in [3.8, 4) is 0 Å². The lowest BCUT2D eigenvalue weighted by molar-refractivity contribution is -0.117. The smallest absolute Gasteiger partial charge is 0.227 e. The Hall–Kier alpha value is -1.95. The number of carbonyl (C=O) groups is 1. The number of nitrogens with zero attached hydrogens (tertiary/aromatic N) is 1. The fraction of sp³-hybridized carbons (Fsp3) is 0.286. The monoisotopic (exact) mass is 293 g/mol. The summed E-state index contributed by atoms with van der Waals surface area (Å²) in [6.07, 6.45) is 3.03. The maximum absolute atomic E-state index is 13.8. The van der Waals surface area contributed by atoms with Gasteiger partial charge in [-0.1, -0.05) is 6.08 Å². The first kappa shape index (κ1) is 14.5. The van der Waals surface area contributed by atoms with E-state index >= 15 is 0 Å². The van der Waals surface area contributed by atoms with E-state index in [0.717, 1.165) is 6.42 Å². The first-order valence-electron chi connectivity index (χ1n) is 6.37. The molecule has 0 aromatic heterocycles. The zero-order valence-electron chi connectivity index (χ0n) is 11.0. The topological polar surface area (TPSA) is 44.4 Å². The predicted octanol–water partition coefficient (Wildman–Crippen LogP) is 2.42. The molecular weight excluding hydrogens is 277 g/mol. The van der Waals surface area contributed by atoms with Crippen molar-refractivity contribution in [2.45, 2.75) is 12.8 Å². The van der Waals surface area contributed by atoms with E-state index in [1.807, 2.05) is 0 Å². The Bertz CT molecular complexity index is 547. The molecule has 1 aromatic rings. The van der Waals surface area contributed by atoms with E-state index < -0.39 is 5.82 Å². The van der Waals surface area contributed by atoms with E-state index in [0.29, 0.717) is 30.3 Å². The van der Waals surface area contributed by atoms with Crippen LogP contribution >= 0.6 is 12.2 Å². The highest BCUT2D eigenvalue weighted by Gasteiger charge is 2.22. The average molecular weight is 293 g/mol. The molecule has 0 bridgehead atoms. The summed E-state index contributed by atoms with van der Waals surface area (Å²) in [4.78, 5) is 13.4. The second-order valence-corrected chi connectivity index (χ2v) is 4.85. The summed E-state index contributed by atoms with van der Waals surface area (Å²) in [5.74, 6) is -0.349. The molecule has 6 heteroatoms. The average Bonchev–Trinajstić information content (AvgIpc) is 2.85. The van der Waals surface area contributed by atoms with Gasteiger partial charge in [-0.25, -0.2) is 4.39 Å². The molecule has 4 nitrogen and oxygen atoms in total. The van der Waals surface area contributed by atoms with Crippen molar-refractivity contribution in [2.75, 3.05) is 23.3 Å². The first-order valence-corrected chi connectivity index (χ1v) is 6.78. The third kappa shape index (κ3) is 3.33. The first-order chi connectivity index (χ1) is 9.61. The van der Waals surface area contributed by atoms with E-state index in [1.165, 1.54) is 6.07 Å². The van der Waals surface area contributed by atoms with Crippen LogP contribution in [0.1, 0.15) is 12.8 Å². The second kappa shape index (κ2) is 6.47. The van der Waals surface area contributed by atoms with Gasteiger partial charge < -0.3 is 15.5 Å². The van der Waals surface area contributed by atoms with Crippen LogP contribution in [0.2, 0.25) is 0 Å². The zero-order valence-corrected chi connectivity index (χ0v) is 11.8. The summed E-state index contributed by atoms with van der Waals surface area (Å²) < 4.78 is 13.8. The largest absolute Gasteiger partial charge is 0.359 e. The van der Waals surface area contributed by atoms with Crippen LogP contribution in [0.5, 0.6) is 0 Å². The minimum Gasteiger partial charge on any atom is -0.359 e. The van der Waals surface area contributed by atoms with Gasteiger partial charge in [-0.05, 0) is 36.8 Å². The van der Waals surface area contributed by atoms with E-state index in [4.69, 9.17) is 12.2 Å². The highest BCUT2D eigenvalue weighted by atomic mass is 32.1. The number of carbonyl (C=O) groups excluding carboxylic acids is 1. The van der Waals surface area contributed by atoms with Gasteiger partial charge in [-0.2, -0.15) is 0 Å². The molecule has 1 heterocycles. The fourth-order valence-corrected chi connectivity index (χ4v) is 2.22. The lowest BCUT2D eigenvalue weighted by Gasteiger charge is -2.18. The van der Waals surface area contributed by atoms with Gasteiger partial charge in [0.2, 0.25) is 5.91 Å². The molecule has 0 saturated carbocycles. The van der Waals surface area contributed by atoms with Crippen molar-refractivity contribution in [1.82, 2.24) is 5.32 Å². The van der Waals surface area contributed by atoms with E-state index in [1.54, 1.807) is 23.1 Å². The van der Waals surface area contributed by atoms with Gasteiger partial charge in [0.05, 0.1) is 5.69 Å². The Morgan fingerprint density at radius 2 is 2.35 bits per heavy atom. The van der Waals surface area contributed by atoms with Crippen LogP contribution in [0.15, 0.2) is 30.9 Å². The van der Waals surface area contributed by atoms with Gasteiger partial charge in [-0.3, -0.25) is 4.79 Å². The molecule has 20 heavy (non-hydrogen) atoms. The number of nitrogens with one attached hydrogen (secondary N) is 2. The number of anilines is 2. The maximum Gasteiger partial charge on any atom is 0.227 e. The molecule has 1 aromatic carbocycles. The predicted molar refractivity (Wildman–Crippen MR) is 82.4 cm³/mol. The number of hydrogen-bond donors (Lipinski definition) is 2. The van der Waals surface area contributed by atoms with Crippen LogP contribution in [0.25, 0.3) is 0 Å². The number of hydrogen-bond acceptors (Lipinski definition) is 2. The van der Waals surface area contributed by atoms with Crippen molar-refractivity contribution in [3.05, 3.63) is 36.7 Å². The molecule has 1 aliphatic heterocycles. The Labute approximate surface area is 122 Å². The molecule has 0 atom stereocenters. The Morgan fingerprint density at radius 1 is 1.55 bits per heavy atom. The number of thiocarbonyl (C=S) groups is 1. The summed E-state index contributed by atoms with van der Waals surface area (Å²) in [7, 11) is 0. The quantitative estimate of drug-likeness (QED) is 0.661. The van der Waals surface area contributed by atoms with Crippen LogP contribution < -0.4 is 15.5 Å². The molecule has 106 valence electrons. The van der Waals surface area contributed by atoms with Gasteiger partial charge in [0, 0.05) is 25.2 Å². The molecular formula is C14H16FN3OS. The normalized spacial score (nSPS) is 14.2. The van der Waals surface area contributed by atoms with Crippen molar-refractivity contribution >= 4 is 34.6 Å². The molecule has 0 spiro atoms. The Balaban J connectivity index is 2.14. The number of amides is 1. The van der Waals surface area contributed by atoms with E-state index in [2.05, 4.69) is 17.2 Å². The zero-order chi connectivity index (χ0) is 14.5. The summed E-state index contributed by atoms with van der Waals surface area (Å²) >= 11 is 5.05. The summed E-state index contributed by atoms with van der Waals surface area (Å²) in [5.41, 5.74) is 0.937. The molecule has 2 N–H and O–H groups in total. The van der Waals surface area contributed by atoms with Crippen LogP contribution in [0.3, 0.4) is 0 Å². The van der Waals surface area contributed by atoms with Crippen molar-refractivity contribution in [1.29, 1.82) is 0 Å².